The lowest BCUT2D eigenvalue weighted by atomic mass is 10.1. The monoisotopic (exact) mass is 200 g/mol. The van der Waals surface area contributed by atoms with Crippen LogP contribution in [0.4, 0.5) is 4.79 Å². The molecule has 14 heavy (non-hydrogen) atoms. The molecule has 1 saturated heterocycles. The second-order valence-electron chi connectivity index (χ2n) is 3.86. The van der Waals surface area contributed by atoms with Crippen LogP contribution in [0.2, 0.25) is 0 Å². The van der Waals surface area contributed by atoms with E-state index in [1.54, 1.807) is 0 Å². The molecule has 3 heteroatoms. The highest BCUT2D eigenvalue weighted by molar-refractivity contribution is 5.61. The first kappa shape index (κ1) is 11.3. The van der Waals surface area contributed by atoms with Gasteiger partial charge in [-0.25, -0.2) is 4.79 Å². The van der Waals surface area contributed by atoms with Crippen molar-refractivity contribution in [1.82, 2.24) is 0 Å². The average molecular weight is 200 g/mol. The number of hydrogen-bond donors (Lipinski definition) is 0. The van der Waals surface area contributed by atoms with Crippen molar-refractivity contribution in [2.45, 2.75) is 58.0 Å². The molecule has 1 atom stereocenters. The van der Waals surface area contributed by atoms with Crippen LogP contribution in [-0.4, -0.2) is 18.9 Å². The molecule has 0 N–H and O–H groups in total. The van der Waals surface area contributed by atoms with Gasteiger partial charge in [0.05, 0.1) is 0 Å². The van der Waals surface area contributed by atoms with E-state index in [4.69, 9.17) is 9.47 Å². The van der Waals surface area contributed by atoms with Gasteiger partial charge in [0.1, 0.15) is 12.7 Å². The van der Waals surface area contributed by atoms with Gasteiger partial charge in [-0.2, -0.15) is 0 Å². The summed E-state index contributed by atoms with van der Waals surface area (Å²) in [6.07, 6.45) is 8.12. The summed E-state index contributed by atoms with van der Waals surface area (Å²) in [4.78, 5) is 10.6. The van der Waals surface area contributed by atoms with Crippen molar-refractivity contribution < 1.29 is 14.3 Å². The maximum absolute atomic E-state index is 10.6. The Bertz CT molecular complexity index is 168. The second kappa shape index (κ2) is 6.68. The lowest BCUT2D eigenvalue weighted by molar-refractivity contribution is 0.115. The van der Waals surface area contributed by atoms with Crippen LogP contribution in [0, 0.1) is 0 Å². The van der Waals surface area contributed by atoms with Gasteiger partial charge in [0.2, 0.25) is 0 Å². The number of carbonyl (C=O) groups excluding carboxylic acids is 1. The van der Waals surface area contributed by atoms with E-state index >= 15 is 0 Å². The number of carbonyl (C=O) groups is 1. The smallest absolute Gasteiger partial charge is 0.430 e. The Morgan fingerprint density at radius 1 is 1.21 bits per heavy atom. The van der Waals surface area contributed by atoms with Crippen LogP contribution in [0.25, 0.3) is 0 Å². The Balaban J connectivity index is 1.86. The minimum absolute atomic E-state index is 0.0219. The van der Waals surface area contributed by atoms with Crippen molar-refractivity contribution in [2.24, 2.45) is 0 Å². The highest BCUT2D eigenvalue weighted by atomic mass is 16.8. The van der Waals surface area contributed by atoms with Crippen LogP contribution >= 0.6 is 0 Å². The maximum Gasteiger partial charge on any atom is 0.508 e. The predicted octanol–water partition coefficient (Wildman–Crippen LogP) is 3.27. The van der Waals surface area contributed by atoms with Crippen molar-refractivity contribution in [1.29, 1.82) is 0 Å². The first-order valence-corrected chi connectivity index (χ1v) is 5.66. The molecule has 0 radical (unpaired) electrons. The van der Waals surface area contributed by atoms with E-state index in [1.165, 1.54) is 32.1 Å². The Hall–Kier alpha value is -0.730. The molecule has 1 aliphatic heterocycles. The minimum Gasteiger partial charge on any atom is -0.430 e. The summed E-state index contributed by atoms with van der Waals surface area (Å²) in [6, 6.07) is 0. The molecule has 0 aromatic carbocycles. The van der Waals surface area contributed by atoms with Gasteiger partial charge in [0, 0.05) is 0 Å². The van der Waals surface area contributed by atoms with E-state index in [9.17, 15) is 4.79 Å². The summed E-state index contributed by atoms with van der Waals surface area (Å²) >= 11 is 0. The highest BCUT2D eigenvalue weighted by Gasteiger charge is 2.23. The largest absolute Gasteiger partial charge is 0.508 e. The third-order valence-corrected chi connectivity index (χ3v) is 2.53. The van der Waals surface area contributed by atoms with Gasteiger partial charge in [-0.05, 0) is 12.8 Å². The Morgan fingerprint density at radius 2 is 1.93 bits per heavy atom. The zero-order chi connectivity index (χ0) is 10.2. The Labute approximate surface area is 85.8 Å². The van der Waals surface area contributed by atoms with Crippen molar-refractivity contribution in [2.75, 3.05) is 6.61 Å². The summed E-state index contributed by atoms with van der Waals surface area (Å²) in [6.45, 7) is 2.67. The zero-order valence-corrected chi connectivity index (χ0v) is 8.96. The van der Waals surface area contributed by atoms with Crippen LogP contribution in [0.1, 0.15) is 51.9 Å². The summed E-state index contributed by atoms with van der Waals surface area (Å²) < 4.78 is 9.63. The van der Waals surface area contributed by atoms with Gasteiger partial charge in [0.25, 0.3) is 0 Å². The van der Waals surface area contributed by atoms with Crippen LogP contribution in [0.5, 0.6) is 0 Å². The fourth-order valence-corrected chi connectivity index (χ4v) is 1.66. The third kappa shape index (κ3) is 4.49. The fraction of sp³-hybridized carbons (Fsp3) is 0.909. The van der Waals surface area contributed by atoms with Crippen molar-refractivity contribution in [3.8, 4) is 0 Å². The molecule has 1 heterocycles. The van der Waals surface area contributed by atoms with E-state index in [2.05, 4.69) is 6.92 Å². The number of unbranched alkanes of at least 4 members (excludes halogenated alkanes) is 5. The van der Waals surface area contributed by atoms with E-state index in [0.29, 0.717) is 6.61 Å². The molecule has 0 amide bonds. The second-order valence-corrected chi connectivity index (χ2v) is 3.86. The molecule has 1 fully saturated rings. The summed E-state index contributed by atoms with van der Waals surface area (Å²) in [5.74, 6) is 0. The quantitative estimate of drug-likeness (QED) is 0.467. The average Bonchev–Trinajstić information content (AvgIpc) is 2.58. The van der Waals surface area contributed by atoms with Crippen molar-refractivity contribution >= 4 is 6.16 Å². The normalized spacial score (nSPS) is 20.6. The number of rotatable bonds is 7. The molecule has 0 aliphatic carbocycles. The molecular weight excluding hydrogens is 180 g/mol. The molecular formula is C11H20O3. The van der Waals surface area contributed by atoms with E-state index in [1.807, 2.05) is 0 Å². The van der Waals surface area contributed by atoms with Crippen LogP contribution in [-0.2, 0) is 9.47 Å². The summed E-state index contributed by atoms with van der Waals surface area (Å²) in [5.41, 5.74) is 0. The first-order chi connectivity index (χ1) is 6.83. The van der Waals surface area contributed by atoms with Gasteiger partial charge in [-0.3, -0.25) is 0 Å². The maximum atomic E-state index is 10.6. The first-order valence-electron chi connectivity index (χ1n) is 5.66. The lowest BCUT2D eigenvalue weighted by Crippen LogP contribution is -2.09. The van der Waals surface area contributed by atoms with Crippen molar-refractivity contribution in [3.63, 3.8) is 0 Å². The molecule has 0 unspecified atom stereocenters. The predicted molar refractivity (Wildman–Crippen MR) is 54.2 cm³/mol. The molecule has 0 bridgehead atoms. The van der Waals surface area contributed by atoms with Gasteiger partial charge in [-0.15, -0.1) is 0 Å². The van der Waals surface area contributed by atoms with Gasteiger partial charge in [0.15, 0.2) is 0 Å². The number of cyclic esters (lactones) is 2. The highest BCUT2D eigenvalue weighted by Crippen LogP contribution is 2.14. The van der Waals surface area contributed by atoms with E-state index in [0.717, 1.165) is 12.8 Å². The fourth-order valence-electron chi connectivity index (χ4n) is 1.66. The number of ether oxygens (including phenoxy) is 2. The molecule has 0 aromatic rings. The van der Waals surface area contributed by atoms with Gasteiger partial charge >= 0.3 is 6.16 Å². The number of hydrogen-bond acceptors (Lipinski definition) is 3. The SMILES string of the molecule is CCCCCCCC[C@@H]1COC(=O)O1. The Kier molecular flexibility index (Phi) is 5.42. The lowest BCUT2D eigenvalue weighted by Gasteiger charge is -2.05. The summed E-state index contributed by atoms with van der Waals surface area (Å²) in [5, 5.41) is 0. The zero-order valence-electron chi connectivity index (χ0n) is 8.96. The molecule has 3 nitrogen and oxygen atoms in total. The van der Waals surface area contributed by atoms with Crippen LogP contribution in [0.3, 0.4) is 0 Å². The standard InChI is InChI=1S/C11H20O3/c1-2-3-4-5-6-7-8-10-9-13-11(12)14-10/h10H,2-9H2,1H3/t10-/m1/s1. The van der Waals surface area contributed by atoms with Crippen LogP contribution < -0.4 is 0 Å². The van der Waals surface area contributed by atoms with E-state index < -0.39 is 6.16 Å². The molecule has 0 aromatic heterocycles. The van der Waals surface area contributed by atoms with Gasteiger partial charge < -0.3 is 9.47 Å². The Morgan fingerprint density at radius 3 is 2.57 bits per heavy atom. The van der Waals surface area contributed by atoms with E-state index in [-0.39, 0.29) is 6.10 Å². The molecule has 82 valence electrons. The third-order valence-electron chi connectivity index (χ3n) is 2.53. The minimum atomic E-state index is -0.499. The van der Waals surface area contributed by atoms with Gasteiger partial charge in [-0.1, -0.05) is 39.0 Å². The molecule has 0 spiro atoms. The summed E-state index contributed by atoms with van der Waals surface area (Å²) in [7, 11) is 0. The molecule has 1 aliphatic rings. The topological polar surface area (TPSA) is 35.5 Å². The molecule has 1 rings (SSSR count). The van der Waals surface area contributed by atoms with Crippen LogP contribution in [0.15, 0.2) is 0 Å². The van der Waals surface area contributed by atoms with Crippen molar-refractivity contribution in [3.05, 3.63) is 0 Å². The molecule has 0 saturated carbocycles.